The van der Waals surface area contributed by atoms with Gasteiger partial charge in [0.2, 0.25) is 5.91 Å². The molecule has 2 atom stereocenters. The average Bonchev–Trinajstić information content (AvgIpc) is 3.32. The van der Waals surface area contributed by atoms with Gasteiger partial charge in [-0.15, -0.1) is 0 Å². The second-order valence-corrected chi connectivity index (χ2v) is 8.41. The number of nitrogens with one attached hydrogen (secondary N) is 1. The van der Waals surface area contributed by atoms with Crippen LogP contribution in [-0.2, 0) is 16.0 Å². The molecule has 1 heterocycles. The fourth-order valence-electron chi connectivity index (χ4n) is 3.82. The number of esters is 1. The van der Waals surface area contributed by atoms with E-state index in [4.69, 9.17) is 5.73 Å². The number of rotatable bonds is 8. The van der Waals surface area contributed by atoms with Crippen molar-refractivity contribution in [3.63, 3.8) is 0 Å². The van der Waals surface area contributed by atoms with Crippen LogP contribution in [0.1, 0.15) is 42.4 Å². The largest absolute Gasteiger partial charge is 0.491 e. The minimum atomic E-state index is -5.09. The zero-order valence-corrected chi connectivity index (χ0v) is 19.5. The third kappa shape index (κ3) is 6.27. The van der Waals surface area contributed by atoms with Crippen molar-refractivity contribution in [3.05, 3.63) is 83.4 Å². The molecular formula is C25H27F3N4O3. The summed E-state index contributed by atoms with van der Waals surface area (Å²) in [5.41, 5.74) is 8.82. The Bertz CT molecular complexity index is 1150. The van der Waals surface area contributed by atoms with Gasteiger partial charge in [0.25, 0.3) is 0 Å². The monoisotopic (exact) mass is 488 g/mol. The summed E-state index contributed by atoms with van der Waals surface area (Å²) in [5, 5.41) is 0. The highest BCUT2D eigenvalue weighted by Crippen LogP contribution is 2.31. The first kappa shape index (κ1) is 26.0. The minimum Gasteiger partial charge on any atom is -0.420 e. The van der Waals surface area contributed by atoms with Gasteiger partial charge in [-0.3, -0.25) is 4.79 Å². The summed E-state index contributed by atoms with van der Waals surface area (Å²) in [6.07, 6.45) is -1.64. The lowest BCUT2D eigenvalue weighted by molar-refractivity contribution is -0.189. The molecule has 3 rings (SSSR count). The van der Waals surface area contributed by atoms with E-state index in [1.54, 1.807) is 17.3 Å². The van der Waals surface area contributed by atoms with Crippen LogP contribution in [0, 0.1) is 6.92 Å². The lowest BCUT2D eigenvalue weighted by atomic mass is 9.96. The number of H-pyrrole nitrogens is 1. The van der Waals surface area contributed by atoms with Gasteiger partial charge in [-0.1, -0.05) is 36.4 Å². The first-order valence-electron chi connectivity index (χ1n) is 11.0. The number of amides is 1. The van der Waals surface area contributed by atoms with Gasteiger partial charge in [0.05, 0.1) is 6.04 Å². The van der Waals surface area contributed by atoms with Gasteiger partial charge in [0.1, 0.15) is 17.6 Å². The van der Waals surface area contributed by atoms with E-state index in [9.17, 15) is 22.8 Å². The Morgan fingerprint density at radius 2 is 1.77 bits per heavy atom. The van der Waals surface area contributed by atoms with Gasteiger partial charge < -0.3 is 20.4 Å². The smallest absolute Gasteiger partial charge is 0.420 e. The maximum absolute atomic E-state index is 13.6. The molecular weight excluding hydrogens is 461 g/mol. The van der Waals surface area contributed by atoms with E-state index in [0.717, 1.165) is 11.1 Å². The molecule has 0 aliphatic heterocycles. The zero-order chi connectivity index (χ0) is 25.8. The zero-order valence-electron chi connectivity index (χ0n) is 19.5. The van der Waals surface area contributed by atoms with Crippen LogP contribution >= 0.6 is 0 Å². The van der Waals surface area contributed by atoms with Crippen LogP contribution < -0.4 is 10.5 Å². The van der Waals surface area contributed by atoms with Crippen LogP contribution in [0.2, 0.25) is 0 Å². The topological polar surface area (TPSA) is 101 Å². The van der Waals surface area contributed by atoms with Crippen LogP contribution in [-0.4, -0.2) is 45.0 Å². The normalized spacial score (nSPS) is 13.4. The number of alkyl halides is 3. The third-order valence-corrected chi connectivity index (χ3v) is 5.49. The lowest BCUT2D eigenvalue weighted by Gasteiger charge is -2.36. The molecule has 1 aromatic heterocycles. The predicted octanol–water partition coefficient (Wildman–Crippen LogP) is 4.08. The Hall–Kier alpha value is -3.66. The third-order valence-electron chi connectivity index (χ3n) is 5.49. The van der Waals surface area contributed by atoms with Crippen molar-refractivity contribution in [2.45, 2.75) is 51.5 Å². The Labute approximate surface area is 201 Å². The van der Waals surface area contributed by atoms with Crippen molar-refractivity contribution >= 4 is 11.9 Å². The molecule has 3 aromatic rings. The van der Waals surface area contributed by atoms with Gasteiger partial charge in [0.15, 0.2) is 0 Å². The summed E-state index contributed by atoms with van der Waals surface area (Å²) < 4.78 is 41.5. The molecule has 0 aliphatic carbocycles. The minimum absolute atomic E-state index is 0.133. The highest BCUT2D eigenvalue weighted by Gasteiger charge is 2.41. The highest BCUT2D eigenvalue weighted by atomic mass is 19.4. The van der Waals surface area contributed by atoms with Crippen LogP contribution in [0.5, 0.6) is 5.75 Å². The number of halogens is 3. The summed E-state index contributed by atoms with van der Waals surface area (Å²) in [5.74, 6) is -2.26. The van der Waals surface area contributed by atoms with E-state index in [1.165, 1.54) is 24.3 Å². The molecule has 0 radical (unpaired) electrons. The fraction of sp³-hybridized carbons (Fsp3) is 0.320. The maximum Gasteiger partial charge on any atom is 0.491 e. The number of benzene rings is 2. The molecule has 1 amide bonds. The number of nitrogens with two attached hydrogens (primary N) is 1. The van der Waals surface area contributed by atoms with Crippen LogP contribution in [0.4, 0.5) is 13.2 Å². The van der Waals surface area contributed by atoms with Crippen LogP contribution in [0.15, 0.2) is 60.9 Å². The number of ether oxygens (including phenoxy) is 1. The van der Waals surface area contributed by atoms with E-state index in [2.05, 4.69) is 14.7 Å². The molecule has 3 N–H and O–H groups in total. The summed E-state index contributed by atoms with van der Waals surface area (Å²) in [6, 6.07) is 11.5. The van der Waals surface area contributed by atoms with Gasteiger partial charge >= 0.3 is 12.1 Å². The molecule has 10 heteroatoms. The lowest BCUT2D eigenvalue weighted by Crippen LogP contribution is -2.50. The molecule has 7 nitrogen and oxygen atoms in total. The predicted molar refractivity (Wildman–Crippen MR) is 123 cm³/mol. The molecule has 2 unspecified atom stereocenters. The number of carbonyl (C=O) groups is 2. The van der Waals surface area contributed by atoms with Crippen LogP contribution in [0.3, 0.4) is 0 Å². The summed E-state index contributed by atoms with van der Waals surface area (Å²) in [4.78, 5) is 33.8. The number of hydrogen-bond acceptors (Lipinski definition) is 5. The van der Waals surface area contributed by atoms with Crippen molar-refractivity contribution in [1.82, 2.24) is 14.9 Å². The Kier molecular flexibility index (Phi) is 7.96. The van der Waals surface area contributed by atoms with Crippen molar-refractivity contribution in [1.29, 1.82) is 0 Å². The number of hydrogen-bond donors (Lipinski definition) is 2. The fourth-order valence-corrected chi connectivity index (χ4v) is 3.82. The van der Waals surface area contributed by atoms with Gasteiger partial charge in [-0.25, -0.2) is 9.78 Å². The van der Waals surface area contributed by atoms with Crippen molar-refractivity contribution in [2.24, 2.45) is 5.73 Å². The summed E-state index contributed by atoms with van der Waals surface area (Å²) >= 11 is 0. The number of carbonyl (C=O) groups excluding carboxylic acids is 2. The molecule has 186 valence electrons. The summed E-state index contributed by atoms with van der Waals surface area (Å²) in [6.45, 7) is 5.74. The van der Waals surface area contributed by atoms with E-state index < -0.39 is 24.2 Å². The second kappa shape index (κ2) is 10.7. The van der Waals surface area contributed by atoms with Crippen molar-refractivity contribution in [3.8, 4) is 5.75 Å². The Morgan fingerprint density at radius 3 is 2.31 bits per heavy atom. The van der Waals surface area contributed by atoms with Crippen LogP contribution in [0.25, 0.3) is 0 Å². The first-order chi connectivity index (χ1) is 16.5. The quantitative estimate of drug-likeness (QED) is 0.368. The molecule has 0 spiro atoms. The Morgan fingerprint density at radius 1 is 1.11 bits per heavy atom. The molecule has 35 heavy (non-hydrogen) atoms. The van der Waals surface area contributed by atoms with Crippen molar-refractivity contribution < 1.29 is 27.5 Å². The van der Waals surface area contributed by atoms with E-state index >= 15 is 0 Å². The Balaban J connectivity index is 1.82. The molecule has 0 saturated carbocycles. The SMILES string of the molecule is Cc1ccccc1C(c1ncc[nH]1)N(C(=O)C(N)Cc1ccc(OC(=O)C(F)(F)F)cc1)C(C)C. The van der Waals surface area contributed by atoms with E-state index in [-0.39, 0.29) is 24.1 Å². The van der Waals surface area contributed by atoms with Gasteiger partial charge in [0, 0.05) is 18.4 Å². The number of imidazole rings is 1. The molecule has 0 aliphatic rings. The van der Waals surface area contributed by atoms with Gasteiger partial charge in [-0.05, 0) is 56.0 Å². The molecule has 0 bridgehead atoms. The standard InChI is InChI=1S/C25H27F3N4O3/c1-15(2)32(21(22-30-12-13-31-22)19-7-5-4-6-16(19)3)23(33)20(29)14-17-8-10-18(11-9-17)35-24(34)25(26,27)28/h4-13,15,20-21H,14,29H2,1-3H3,(H,30,31). The van der Waals surface area contributed by atoms with Gasteiger partial charge in [-0.2, -0.15) is 13.2 Å². The molecule has 0 fully saturated rings. The first-order valence-corrected chi connectivity index (χ1v) is 11.0. The number of nitrogens with zero attached hydrogens (tertiary/aromatic N) is 2. The van der Waals surface area contributed by atoms with Crippen molar-refractivity contribution in [2.75, 3.05) is 0 Å². The van der Waals surface area contributed by atoms with E-state index in [1.807, 2.05) is 45.0 Å². The highest BCUT2D eigenvalue weighted by molar-refractivity contribution is 5.83. The number of aryl methyl sites for hydroxylation is 1. The molecule has 2 aromatic carbocycles. The second-order valence-electron chi connectivity index (χ2n) is 8.41. The number of aromatic nitrogens is 2. The maximum atomic E-state index is 13.6. The van der Waals surface area contributed by atoms with E-state index in [0.29, 0.717) is 11.4 Å². The summed E-state index contributed by atoms with van der Waals surface area (Å²) in [7, 11) is 0. The number of aromatic amines is 1. The molecule has 0 saturated heterocycles. The average molecular weight is 489 g/mol.